The van der Waals surface area contributed by atoms with Crippen LogP contribution in [0.5, 0.6) is 0 Å². The summed E-state index contributed by atoms with van der Waals surface area (Å²) in [6.07, 6.45) is 4.57. The zero-order valence-electron chi connectivity index (χ0n) is 10.7. The standard InChI is InChI=1S/C15H18O2/c1-9-7-11(16)8-15(3)10(2)12-5-4-6-17-14(12)13(9)15/h7H,4-6,8H2,1-3H3. The van der Waals surface area contributed by atoms with Gasteiger partial charge in [-0.05, 0) is 43.9 Å². The van der Waals surface area contributed by atoms with Gasteiger partial charge in [0.15, 0.2) is 5.78 Å². The highest BCUT2D eigenvalue weighted by Gasteiger charge is 2.46. The van der Waals surface area contributed by atoms with Crippen LogP contribution in [0.4, 0.5) is 0 Å². The Labute approximate surface area is 102 Å². The molecule has 17 heavy (non-hydrogen) atoms. The van der Waals surface area contributed by atoms with Crippen LogP contribution >= 0.6 is 0 Å². The predicted octanol–water partition coefficient (Wildman–Crippen LogP) is 3.31. The van der Waals surface area contributed by atoms with E-state index in [4.69, 9.17) is 4.74 Å². The highest BCUT2D eigenvalue weighted by molar-refractivity contribution is 5.95. The smallest absolute Gasteiger partial charge is 0.157 e. The molecule has 3 aliphatic rings. The minimum atomic E-state index is -0.106. The first-order valence-corrected chi connectivity index (χ1v) is 6.33. The molecule has 2 nitrogen and oxygen atoms in total. The minimum absolute atomic E-state index is 0.106. The number of ketones is 1. The zero-order valence-corrected chi connectivity index (χ0v) is 10.7. The third-order valence-electron chi connectivity index (χ3n) is 4.45. The number of allylic oxidation sites excluding steroid dienone is 5. The predicted molar refractivity (Wildman–Crippen MR) is 66.4 cm³/mol. The average molecular weight is 230 g/mol. The molecule has 1 atom stereocenters. The Kier molecular flexibility index (Phi) is 2.13. The van der Waals surface area contributed by atoms with Crippen LogP contribution in [0.3, 0.4) is 0 Å². The van der Waals surface area contributed by atoms with Crippen molar-refractivity contribution in [3.8, 4) is 0 Å². The van der Waals surface area contributed by atoms with Gasteiger partial charge >= 0.3 is 0 Å². The minimum Gasteiger partial charge on any atom is -0.493 e. The number of hydrogen-bond acceptors (Lipinski definition) is 2. The van der Waals surface area contributed by atoms with E-state index in [0.717, 1.165) is 30.8 Å². The molecule has 90 valence electrons. The van der Waals surface area contributed by atoms with Crippen LogP contribution in [0.1, 0.15) is 40.0 Å². The van der Waals surface area contributed by atoms with E-state index in [0.29, 0.717) is 6.42 Å². The van der Waals surface area contributed by atoms with E-state index < -0.39 is 0 Å². The molecule has 3 rings (SSSR count). The maximum absolute atomic E-state index is 11.8. The number of fused-ring (bicyclic) bond motifs is 2. The van der Waals surface area contributed by atoms with Crippen LogP contribution in [0.15, 0.2) is 34.1 Å². The summed E-state index contributed by atoms with van der Waals surface area (Å²) in [6.45, 7) is 7.20. The second kappa shape index (κ2) is 3.34. The lowest BCUT2D eigenvalue weighted by Crippen LogP contribution is -2.27. The van der Waals surface area contributed by atoms with Crippen molar-refractivity contribution in [3.05, 3.63) is 34.1 Å². The summed E-state index contributed by atoms with van der Waals surface area (Å²) in [5.41, 5.74) is 4.96. The largest absolute Gasteiger partial charge is 0.493 e. The van der Waals surface area contributed by atoms with E-state index in [1.165, 1.54) is 16.7 Å². The highest BCUT2D eigenvalue weighted by Crippen LogP contribution is 2.55. The molecule has 1 heterocycles. The first kappa shape index (κ1) is 10.8. The molecule has 0 saturated carbocycles. The molecule has 1 saturated heterocycles. The van der Waals surface area contributed by atoms with E-state index in [1.807, 2.05) is 6.92 Å². The van der Waals surface area contributed by atoms with Crippen molar-refractivity contribution in [1.29, 1.82) is 0 Å². The first-order chi connectivity index (χ1) is 8.04. The molecule has 0 bridgehead atoms. The Balaban J connectivity index is 2.24. The van der Waals surface area contributed by atoms with Crippen LogP contribution in [0, 0.1) is 5.41 Å². The van der Waals surface area contributed by atoms with E-state index >= 15 is 0 Å². The van der Waals surface area contributed by atoms with Gasteiger partial charge in [0.25, 0.3) is 0 Å². The van der Waals surface area contributed by atoms with Gasteiger partial charge in [0.05, 0.1) is 6.61 Å². The van der Waals surface area contributed by atoms with Gasteiger partial charge in [-0.2, -0.15) is 0 Å². The third-order valence-corrected chi connectivity index (χ3v) is 4.45. The summed E-state index contributed by atoms with van der Waals surface area (Å²) < 4.78 is 5.88. The summed E-state index contributed by atoms with van der Waals surface area (Å²) in [4.78, 5) is 11.8. The Hall–Kier alpha value is -1.31. The number of carbonyl (C=O) groups excluding carboxylic acids is 1. The van der Waals surface area contributed by atoms with E-state index in [2.05, 4.69) is 13.8 Å². The highest BCUT2D eigenvalue weighted by atomic mass is 16.5. The van der Waals surface area contributed by atoms with Crippen molar-refractivity contribution in [1.82, 2.24) is 0 Å². The van der Waals surface area contributed by atoms with Crippen LogP contribution in [0.2, 0.25) is 0 Å². The van der Waals surface area contributed by atoms with Crippen molar-refractivity contribution in [3.63, 3.8) is 0 Å². The number of rotatable bonds is 0. The second-order valence-electron chi connectivity index (χ2n) is 5.56. The summed E-state index contributed by atoms with van der Waals surface area (Å²) in [5, 5.41) is 0. The molecule has 0 aromatic carbocycles. The molecule has 1 fully saturated rings. The molecule has 2 aliphatic carbocycles. The van der Waals surface area contributed by atoms with Crippen LogP contribution in [-0.2, 0) is 9.53 Å². The quantitative estimate of drug-likeness (QED) is 0.638. The van der Waals surface area contributed by atoms with E-state index in [9.17, 15) is 4.79 Å². The van der Waals surface area contributed by atoms with Gasteiger partial charge in [-0.25, -0.2) is 0 Å². The summed E-state index contributed by atoms with van der Waals surface area (Å²) in [5.74, 6) is 1.32. The first-order valence-electron chi connectivity index (χ1n) is 6.33. The van der Waals surface area contributed by atoms with Gasteiger partial charge in [0.1, 0.15) is 5.76 Å². The zero-order chi connectivity index (χ0) is 12.2. The lowest BCUT2D eigenvalue weighted by atomic mass is 9.69. The molecule has 1 aliphatic heterocycles. The molecule has 0 radical (unpaired) electrons. The Bertz CT molecular complexity index is 505. The van der Waals surface area contributed by atoms with Crippen LogP contribution in [-0.4, -0.2) is 12.4 Å². The van der Waals surface area contributed by atoms with Crippen molar-refractivity contribution < 1.29 is 9.53 Å². The van der Waals surface area contributed by atoms with Crippen molar-refractivity contribution in [2.75, 3.05) is 6.61 Å². The van der Waals surface area contributed by atoms with Crippen LogP contribution < -0.4 is 0 Å². The molecular formula is C15H18O2. The number of hydrogen-bond donors (Lipinski definition) is 0. The van der Waals surface area contributed by atoms with Crippen molar-refractivity contribution in [2.24, 2.45) is 5.41 Å². The molecular weight excluding hydrogens is 212 g/mol. The van der Waals surface area contributed by atoms with Gasteiger partial charge in [0.2, 0.25) is 0 Å². The van der Waals surface area contributed by atoms with Gasteiger partial charge < -0.3 is 4.74 Å². The van der Waals surface area contributed by atoms with Gasteiger partial charge in [-0.1, -0.05) is 12.5 Å². The van der Waals surface area contributed by atoms with Crippen molar-refractivity contribution in [2.45, 2.75) is 40.0 Å². The van der Waals surface area contributed by atoms with E-state index in [-0.39, 0.29) is 11.2 Å². The summed E-state index contributed by atoms with van der Waals surface area (Å²) in [6, 6.07) is 0. The molecule has 0 spiro atoms. The van der Waals surface area contributed by atoms with Crippen LogP contribution in [0.25, 0.3) is 0 Å². The summed E-state index contributed by atoms with van der Waals surface area (Å²) in [7, 11) is 0. The molecule has 0 aromatic rings. The Morgan fingerprint density at radius 2 is 2.12 bits per heavy atom. The topological polar surface area (TPSA) is 26.3 Å². The fourth-order valence-corrected chi connectivity index (χ4v) is 3.52. The molecule has 0 N–H and O–H groups in total. The Morgan fingerprint density at radius 1 is 1.35 bits per heavy atom. The molecule has 0 aromatic heterocycles. The second-order valence-corrected chi connectivity index (χ2v) is 5.56. The Morgan fingerprint density at radius 3 is 2.88 bits per heavy atom. The van der Waals surface area contributed by atoms with Crippen molar-refractivity contribution >= 4 is 5.78 Å². The average Bonchev–Trinajstić information content (AvgIpc) is 2.48. The fraction of sp³-hybridized carbons (Fsp3) is 0.533. The molecule has 0 amide bonds. The van der Waals surface area contributed by atoms with Gasteiger partial charge in [0, 0.05) is 17.4 Å². The number of ether oxygens (including phenoxy) is 1. The van der Waals surface area contributed by atoms with Gasteiger partial charge in [-0.15, -0.1) is 0 Å². The number of carbonyl (C=O) groups is 1. The normalized spacial score (nSPS) is 32.2. The maximum Gasteiger partial charge on any atom is 0.157 e. The summed E-state index contributed by atoms with van der Waals surface area (Å²) >= 11 is 0. The molecule has 2 heteroatoms. The fourth-order valence-electron chi connectivity index (χ4n) is 3.52. The van der Waals surface area contributed by atoms with Gasteiger partial charge in [-0.3, -0.25) is 4.79 Å². The lowest BCUT2D eigenvalue weighted by Gasteiger charge is -2.33. The third kappa shape index (κ3) is 1.30. The SMILES string of the molecule is CC1=CC(=O)CC2(C)C(C)=C3CCCOC3=C12. The lowest BCUT2D eigenvalue weighted by molar-refractivity contribution is -0.116. The van der Waals surface area contributed by atoms with E-state index in [1.54, 1.807) is 6.08 Å². The molecule has 1 unspecified atom stereocenters. The maximum atomic E-state index is 11.8. The monoisotopic (exact) mass is 230 g/mol.